The fourth-order valence-corrected chi connectivity index (χ4v) is 4.91. The summed E-state index contributed by atoms with van der Waals surface area (Å²) in [4.78, 5) is 0.206. The first-order valence-corrected chi connectivity index (χ1v) is 16.2. The zero-order chi connectivity index (χ0) is 31.2. The van der Waals surface area contributed by atoms with Crippen LogP contribution in [0.2, 0.25) is 0 Å². The van der Waals surface area contributed by atoms with Gasteiger partial charge in [-0.2, -0.15) is 8.42 Å². The van der Waals surface area contributed by atoms with E-state index in [2.05, 4.69) is 12.1 Å². The van der Waals surface area contributed by atoms with Crippen LogP contribution in [0.1, 0.15) is 83.9 Å². The lowest BCUT2D eigenvalue weighted by Gasteiger charge is -2.21. The highest BCUT2D eigenvalue weighted by Crippen LogP contribution is 2.21. The molecule has 0 aliphatic heterocycles. The van der Waals surface area contributed by atoms with Crippen molar-refractivity contribution in [3.63, 3.8) is 0 Å². The minimum atomic E-state index is -3.66. The molecule has 0 saturated carbocycles. The Morgan fingerprint density at radius 3 is 1.45 bits per heavy atom. The molecule has 0 aromatic heterocycles. The smallest absolute Gasteiger partial charge is 0.296 e. The maximum Gasteiger partial charge on any atom is 0.296 e. The van der Waals surface area contributed by atoms with Crippen LogP contribution in [0.15, 0.2) is 77.7 Å². The van der Waals surface area contributed by atoms with Crippen molar-refractivity contribution in [3.05, 3.63) is 89.5 Å². The number of aliphatic hydroxyl groups excluding tert-OH is 1. The summed E-state index contributed by atoms with van der Waals surface area (Å²) in [5, 5.41) is 8.70. The molecule has 0 aliphatic rings. The summed E-state index contributed by atoms with van der Waals surface area (Å²) in [5.41, 5.74) is 3.17. The highest BCUT2D eigenvalue weighted by atomic mass is 32.2. The topological polar surface area (TPSA) is 82.1 Å². The molecule has 3 aromatic carbocycles. The monoisotopic (exact) mass is 598 g/mol. The van der Waals surface area contributed by atoms with Gasteiger partial charge >= 0.3 is 0 Å². The SMILES string of the molecule is CC(C)(C)Oc1ccc(CCCCO)cc1.Cc1ccc(S(=O)(=O)OCCCCc2ccc(OC(C)(C)C)cc2)cc1. The molecule has 0 saturated heterocycles. The molecule has 1 N–H and O–H groups in total. The van der Waals surface area contributed by atoms with Gasteiger partial charge in [-0.05, 0) is 135 Å². The molecule has 0 aliphatic carbocycles. The number of rotatable bonds is 13. The number of aliphatic hydroxyl groups is 1. The van der Waals surface area contributed by atoms with Crippen LogP contribution in [-0.2, 0) is 27.1 Å². The molecule has 3 rings (SSSR count). The summed E-state index contributed by atoms with van der Waals surface area (Å²) in [6, 6.07) is 22.9. The molecule has 3 aromatic rings. The van der Waals surface area contributed by atoms with Crippen LogP contribution in [-0.4, -0.2) is 37.9 Å². The first-order valence-electron chi connectivity index (χ1n) is 14.8. The van der Waals surface area contributed by atoms with Crippen molar-refractivity contribution in [2.24, 2.45) is 0 Å². The number of aryl methyl sites for hydroxylation is 3. The van der Waals surface area contributed by atoms with E-state index in [1.807, 2.05) is 84.9 Å². The first-order chi connectivity index (χ1) is 19.7. The lowest BCUT2D eigenvalue weighted by Crippen LogP contribution is -2.22. The number of benzene rings is 3. The average Bonchev–Trinajstić information content (AvgIpc) is 2.89. The zero-order valence-corrected chi connectivity index (χ0v) is 27.3. The van der Waals surface area contributed by atoms with E-state index >= 15 is 0 Å². The predicted molar refractivity (Wildman–Crippen MR) is 171 cm³/mol. The van der Waals surface area contributed by atoms with Crippen LogP contribution in [0.3, 0.4) is 0 Å². The summed E-state index contributed by atoms with van der Waals surface area (Å²) in [6.07, 6.45) is 5.37. The van der Waals surface area contributed by atoms with Gasteiger partial charge < -0.3 is 14.6 Å². The number of hydrogen-bond acceptors (Lipinski definition) is 6. The Kier molecular flexibility index (Phi) is 14.0. The van der Waals surface area contributed by atoms with Crippen LogP contribution in [0, 0.1) is 6.92 Å². The Morgan fingerprint density at radius 1 is 0.619 bits per heavy atom. The maximum absolute atomic E-state index is 12.1. The van der Waals surface area contributed by atoms with Crippen molar-refractivity contribution in [1.29, 1.82) is 0 Å². The molecule has 0 bridgehead atoms. The Balaban J connectivity index is 0.000000330. The largest absolute Gasteiger partial charge is 0.488 e. The van der Waals surface area contributed by atoms with Gasteiger partial charge in [0.2, 0.25) is 0 Å². The Morgan fingerprint density at radius 2 is 1.05 bits per heavy atom. The third kappa shape index (κ3) is 14.9. The van der Waals surface area contributed by atoms with E-state index in [1.165, 1.54) is 11.1 Å². The quantitative estimate of drug-likeness (QED) is 0.158. The van der Waals surface area contributed by atoms with Crippen molar-refractivity contribution in [1.82, 2.24) is 0 Å². The van der Waals surface area contributed by atoms with E-state index in [0.29, 0.717) is 6.42 Å². The molecule has 42 heavy (non-hydrogen) atoms. The van der Waals surface area contributed by atoms with Crippen LogP contribution in [0.25, 0.3) is 0 Å². The Hall–Kier alpha value is -2.87. The molecular formula is C35H50O6S. The molecule has 0 unspecified atom stereocenters. The summed E-state index contributed by atoms with van der Waals surface area (Å²) in [5.74, 6) is 1.77. The minimum absolute atomic E-state index is 0.140. The van der Waals surface area contributed by atoms with Gasteiger partial charge in [-0.15, -0.1) is 0 Å². The van der Waals surface area contributed by atoms with Gasteiger partial charge in [0.15, 0.2) is 0 Å². The lowest BCUT2D eigenvalue weighted by atomic mass is 10.1. The van der Waals surface area contributed by atoms with Crippen LogP contribution >= 0.6 is 0 Å². The molecule has 0 radical (unpaired) electrons. The van der Waals surface area contributed by atoms with Gasteiger partial charge in [-0.1, -0.05) is 42.0 Å². The van der Waals surface area contributed by atoms with Crippen molar-refractivity contribution >= 4 is 10.1 Å². The highest BCUT2D eigenvalue weighted by Gasteiger charge is 2.15. The van der Waals surface area contributed by atoms with Gasteiger partial charge in [-0.3, -0.25) is 4.18 Å². The fraction of sp³-hybridized carbons (Fsp3) is 0.486. The minimum Gasteiger partial charge on any atom is -0.488 e. The maximum atomic E-state index is 12.1. The van der Waals surface area contributed by atoms with Crippen LogP contribution < -0.4 is 9.47 Å². The second-order valence-corrected chi connectivity index (χ2v) is 14.1. The lowest BCUT2D eigenvalue weighted by molar-refractivity contribution is 0.130. The van der Waals surface area contributed by atoms with E-state index < -0.39 is 10.1 Å². The summed E-state index contributed by atoms with van der Waals surface area (Å²) < 4.78 is 40.8. The normalized spacial score (nSPS) is 11.9. The third-order valence-electron chi connectivity index (χ3n) is 5.98. The van der Waals surface area contributed by atoms with Gasteiger partial charge in [0.25, 0.3) is 10.1 Å². The van der Waals surface area contributed by atoms with Gasteiger partial charge in [-0.25, -0.2) is 0 Å². The molecule has 0 spiro atoms. The Labute approximate surface area is 254 Å². The molecule has 0 fully saturated rings. The van der Waals surface area contributed by atoms with Gasteiger partial charge in [0.05, 0.1) is 11.5 Å². The van der Waals surface area contributed by atoms with Crippen molar-refractivity contribution in [2.45, 2.75) is 103 Å². The second kappa shape index (κ2) is 16.7. The number of unbranched alkanes of at least 4 members (excludes halogenated alkanes) is 2. The molecule has 0 amide bonds. The average molecular weight is 599 g/mol. The number of hydrogen-bond donors (Lipinski definition) is 1. The third-order valence-corrected chi connectivity index (χ3v) is 7.30. The molecular weight excluding hydrogens is 548 g/mol. The van der Waals surface area contributed by atoms with E-state index in [4.69, 9.17) is 18.8 Å². The van der Waals surface area contributed by atoms with Crippen molar-refractivity contribution < 1.29 is 27.2 Å². The zero-order valence-electron chi connectivity index (χ0n) is 26.5. The molecule has 0 heterocycles. The Bertz CT molecular complexity index is 1270. The summed E-state index contributed by atoms with van der Waals surface area (Å²) in [7, 11) is -3.66. The summed E-state index contributed by atoms with van der Waals surface area (Å²) >= 11 is 0. The number of ether oxygens (including phenoxy) is 2. The van der Waals surface area contributed by atoms with E-state index in [0.717, 1.165) is 49.2 Å². The first kappa shape index (κ1) is 35.3. The van der Waals surface area contributed by atoms with Crippen molar-refractivity contribution in [3.8, 4) is 11.5 Å². The van der Waals surface area contributed by atoms with Gasteiger partial charge in [0, 0.05) is 6.61 Å². The summed E-state index contributed by atoms with van der Waals surface area (Å²) in [6.45, 7) is 14.6. The molecule has 232 valence electrons. The van der Waals surface area contributed by atoms with Crippen LogP contribution in [0.5, 0.6) is 11.5 Å². The predicted octanol–water partition coefficient (Wildman–Crippen LogP) is 8.08. The highest BCUT2D eigenvalue weighted by molar-refractivity contribution is 7.86. The molecule has 0 atom stereocenters. The van der Waals surface area contributed by atoms with Crippen LogP contribution in [0.4, 0.5) is 0 Å². The van der Waals surface area contributed by atoms with Crippen molar-refractivity contribution in [2.75, 3.05) is 13.2 Å². The van der Waals surface area contributed by atoms with E-state index in [1.54, 1.807) is 24.3 Å². The standard InChI is InChI=1S/C21H28O4S.C14H22O2/c1-17-8-14-20(15-9-17)26(22,23)24-16-6-5-7-18-10-12-19(13-11-18)25-21(2,3)4;1-14(2,3)16-13-9-7-12(8-10-13)6-4-5-11-15/h8-15H,5-7,16H2,1-4H3;7-10,15H,4-6,11H2,1-3H3. The fourth-order valence-electron chi connectivity index (χ4n) is 3.97. The molecule has 6 nitrogen and oxygen atoms in total. The molecule has 7 heteroatoms. The van der Waals surface area contributed by atoms with E-state index in [9.17, 15) is 8.42 Å². The van der Waals surface area contributed by atoms with Gasteiger partial charge in [0.1, 0.15) is 22.7 Å². The second-order valence-electron chi connectivity index (χ2n) is 12.4. The van der Waals surface area contributed by atoms with E-state index in [-0.39, 0.29) is 29.3 Å².